The summed E-state index contributed by atoms with van der Waals surface area (Å²) in [5, 5.41) is 18.7. The van der Waals surface area contributed by atoms with E-state index in [4.69, 9.17) is 23.2 Å². The van der Waals surface area contributed by atoms with Crippen LogP contribution in [0.1, 0.15) is 69.9 Å². The zero-order valence-electron chi connectivity index (χ0n) is 24.7. The Kier molecular flexibility index (Phi) is 10.4. The maximum Gasteiger partial charge on any atom is 0.433 e. The van der Waals surface area contributed by atoms with Crippen molar-refractivity contribution in [1.82, 2.24) is 16.0 Å². The second-order valence-electron chi connectivity index (χ2n) is 12.8. The first kappa shape index (κ1) is 34.9. The van der Waals surface area contributed by atoms with Crippen LogP contribution < -0.4 is 16.0 Å². The molecule has 1 aliphatic heterocycles. The van der Waals surface area contributed by atoms with Gasteiger partial charge in [-0.25, -0.2) is 23.8 Å². The van der Waals surface area contributed by atoms with Crippen LogP contribution in [0, 0.1) is 28.4 Å². The molecule has 244 valence electrons. The van der Waals surface area contributed by atoms with Crippen molar-refractivity contribution >= 4 is 35.1 Å². The number of alkyl halides is 2. The van der Waals surface area contributed by atoms with Crippen LogP contribution in [0.25, 0.3) is 0 Å². The van der Waals surface area contributed by atoms with Gasteiger partial charge in [-0.3, -0.25) is 4.79 Å². The van der Waals surface area contributed by atoms with Gasteiger partial charge in [-0.2, -0.15) is 14.0 Å². The van der Waals surface area contributed by atoms with E-state index < -0.39 is 70.5 Å². The first-order valence-corrected chi connectivity index (χ1v) is 15.1. The number of carbonyl (C=O) groups excluding carboxylic acids is 2. The van der Waals surface area contributed by atoms with Crippen LogP contribution in [-0.4, -0.2) is 42.1 Å². The molecule has 1 amide bonds. The number of hydrogen-bond acceptors (Lipinski definition) is 6. The molecule has 0 aromatic heterocycles. The van der Waals surface area contributed by atoms with Crippen LogP contribution in [0.2, 0.25) is 10.0 Å². The van der Waals surface area contributed by atoms with Gasteiger partial charge in [0.25, 0.3) is 0 Å². The smallest absolute Gasteiger partial charge is 0.352 e. The van der Waals surface area contributed by atoms with E-state index in [1.807, 2.05) is 20.8 Å². The molecule has 1 aliphatic carbocycles. The Hall–Kier alpha value is -2.98. The van der Waals surface area contributed by atoms with Crippen molar-refractivity contribution in [2.24, 2.45) is 5.41 Å². The van der Waals surface area contributed by atoms with Crippen molar-refractivity contribution < 1.29 is 36.6 Å². The van der Waals surface area contributed by atoms with Crippen LogP contribution in [0.3, 0.4) is 0 Å². The molecule has 45 heavy (non-hydrogen) atoms. The van der Waals surface area contributed by atoms with E-state index in [-0.39, 0.29) is 53.3 Å². The quantitative estimate of drug-likeness (QED) is 0.215. The molecule has 0 bridgehead atoms. The normalized spacial score (nSPS) is 27.1. The number of hydrogen-bond donors (Lipinski definition) is 3. The van der Waals surface area contributed by atoms with E-state index in [1.165, 1.54) is 30.3 Å². The Bertz CT molecular complexity index is 1480. The highest BCUT2D eigenvalue weighted by molar-refractivity contribution is 6.31. The summed E-state index contributed by atoms with van der Waals surface area (Å²) in [4.78, 5) is 27.7. The van der Waals surface area contributed by atoms with Crippen molar-refractivity contribution in [2.75, 3.05) is 0 Å². The average molecular weight is 676 g/mol. The minimum absolute atomic E-state index is 0.0580. The van der Waals surface area contributed by atoms with Gasteiger partial charge in [-0.15, -0.1) is 0 Å². The second-order valence-corrected chi connectivity index (χ2v) is 13.7. The highest BCUT2D eigenvalue weighted by Crippen LogP contribution is 2.52. The van der Waals surface area contributed by atoms with E-state index in [0.29, 0.717) is 0 Å². The van der Waals surface area contributed by atoms with Crippen LogP contribution >= 0.6 is 23.2 Å². The molecule has 2 fully saturated rings. The molecule has 1 saturated heterocycles. The summed E-state index contributed by atoms with van der Waals surface area (Å²) >= 11 is 12.2. The molecule has 2 aromatic rings. The molecule has 1 saturated carbocycles. The third-order valence-electron chi connectivity index (χ3n) is 8.52. The fraction of sp³-hybridized carbons (Fsp3) is 0.516. The highest BCUT2D eigenvalue weighted by atomic mass is 35.5. The minimum atomic E-state index is -4.23. The molecule has 0 radical (unpaired) electrons. The molecule has 2 aliphatic rings. The van der Waals surface area contributed by atoms with Crippen LogP contribution in [0.5, 0.6) is 0 Å². The van der Waals surface area contributed by atoms with Gasteiger partial charge in [-0.05, 0) is 61.3 Å². The van der Waals surface area contributed by atoms with Gasteiger partial charge in [-0.1, -0.05) is 62.2 Å². The molecule has 7 nitrogen and oxygen atoms in total. The lowest BCUT2D eigenvalue weighted by Gasteiger charge is -2.37. The summed E-state index contributed by atoms with van der Waals surface area (Å²) in [6.45, 7) is 5.75. The Labute approximate surface area is 267 Å². The van der Waals surface area contributed by atoms with E-state index in [1.54, 1.807) is 5.32 Å². The second kappa shape index (κ2) is 13.4. The monoisotopic (exact) mass is 674 g/mol. The Morgan fingerprint density at radius 3 is 2.31 bits per heavy atom. The number of nitriles is 1. The minimum Gasteiger partial charge on any atom is -0.352 e. The number of nitrogens with zero attached hydrogens (tertiary/aromatic N) is 1. The summed E-state index contributed by atoms with van der Waals surface area (Å²) < 4.78 is 71.2. The van der Waals surface area contributed by atoms with Crippen LogP contribution in [-0.2, 0) is 19.9 Å². The van der Waals surface area contributed by atoms with Crippen LogP contribution in [0.4, 0.5) is 22.1 Å². The zero-order valence-corrected chi connectivity index (χ0v) is 26.2. The summed E-state index contributed by atoms with van der Waals surface area (Å²) in [5.74, 6) is -5.86. The maximum absolute atomic E-state index is 15.8. The fourth-order valence-corrected chi connectivity index (χ4v) is 6.93. The number of rotatable bonds is 8. The molecule has 14 heteroatoms. The summed E-state index contributed by atoms with van der Waals surface area (Å²) in [6, 6.07) is 2.68. The lowest BCUT2D eigenvalue weighted by atomic mass is 9.62. The third-order valence-corrected chi connectivity index (χ3v) is 9.04. The number of nitrogens with one attached hydrogen (secondary N) is 3. The number of halogens is 7. The van der Waals surface area contributed by atoms with Gasteiger partial charge < -0.3 is 10.6 Å². The standard InChI is InChI=1S/C31H33Cl2F5N4O3/c1-29(2,3)14-23-30(15-39,20-12-7-16(32)13-22(20)34)24(19-5-4-6-21(33)25(19)35)26(41-23)27(43)40-17-8-10-18(11-9-17)42-31(36,37)28(44)45-38/h4-7,12-13,17-18,23-24,26,41-42H,8-11,14H2,1-3H3,(H,40,43)/t17?,18?,23-,24-,26+,30-/m0/s1. The molecule has 0 unspecified atom stereocenters. The fourth-order valence-electron chi connectivity index (χ4n) is 6.59. The van der Waals surface area contributed by atoms with E-state index >= 15 is 8.78 Å². The molecule has 4 atom stereocenters. The number of amides is 1. The van der Waals surface area contributed by atoms with Crippen LogP contribution in [0.15, 0.2) is 36.4 Å². The summed E-state index contributed by atoms with van der Waals surface area (Å²) in [5.41, 5.74) is -2.34. The zero-order chi connectivity index (χ0) is 33.3. The largest absolute Gasteiger partial charge is 0.433 e. The molecule has 0 spiro atoms. The Morgan fingerprint density at radius 1 is 1.09 bits per heavy atom. The molecule has 4 rings (SSSR count). The molecular formula is C31H33Cl2F5N4O3. The first-order valence-electron chi connectivity index (χ1n) is 14.4. The average Bonchev–Trinajstić information content (AvgIpc) is 3.27. The van der Waals surface area contributed by atoms with Gasteiger partial charge >= 0.3 is 12.0 Å². The predicted octanol–water partition coefficient (Wildman–Crippen LogP) is 6.63. The first-order chi connectivity index (χ1) is 21.0. The van der Waals surface area contributed by atoms with Crippen molar-refractivity contribution in [2.45, 2.75) is 94.4 Å². The number of benzene rings is 2. The lowest BCUT2D eigenvalue weighted by Crippen LogP contribution is -2.53. The molecular weight excluding hydrogens is 642 g/mol. The summed E-state index contributed by atoms with van der Waals surface area (Å²) in [6.07, 6.45) is 0.934. The molecule has 2 aromatic carbocycles. The summed E-state index contributed by atoms with van der Waals surface area (Å²) in [7, 11) is 0. The molecule has 3 N–H and O–H groups in total. The third kappa shape index (κ3) is 7.22. The van der Waals surface area contributed by atoms with E-state index in [0.717, 1.165) is 6.07 Å². The van der Waals surface area contributed by atoms with Gasteiger partial charge in [0.2, 0.25) is 5.91 Å². The van der Waals surface area contributed by atoms with Crippen molar-refractivity contribution in [3.05, 3.63) is 69.2 Å². The molecule has 1 heterocycles. The van der Waals surface area contributed by atoms with Crippen molar-refractivity contribution in [3.8, 4) is 6.07 Å². The van der Waals surface area contributed by atoms with Crippen molar-refractivity contribution in [1.29, 1.82) is 5.26 Å². The van der Waals surface area contributed by atoms with E-state index in [2.05, 4.69) is 21.6 Å². The Balaban J connectivity index is 1.71. The van der Waals surface area contributed by atoms with E-state index in [9.17, 15) is 28.2 Å². The van der Waals surface area contributed by atoms with Crippen molar-refractivity contribution in [3.63, 3.8) is 0 Å². The topological polar surface area (TPSA) is 103 Å². The van der Waals surface area contributed by atoms with Gasteiger partial charge in [0.1, 0.15) is 17.0 Å². The lowest BCUT2D eigenvalue weighted by molar-refractivity contribution is -0.217. The maximum atomic E-state index is 15.8. The Morgan fingerprint density at radius 2 is 1.73 bits per heavy atom. The van der Waals surface area contributed by atoms with Gasteiger partial charge in [0, 0.05) is 39.2 Å². The SMILES string of the molecule is CC(C)(C)C[C@@H]1N[C@@H](C(=O)NC2CCC(NC(F)(F)C(=O)OF)CC2)[C@H](c2cccc(Cl)c2F)[C@@]1(C#N)c1ccc(Cl)cc1F. The predicted molar refractivity (Wildman–Crippen MR) is 157 cm³/mol. The van der Waals surface area contributed by atoms with Gasteiger partial charge in [0.05, 0.1) is 17.1 Å². The number of carbonyl (C=O) groups is 2. The highest BCUT2D eigenvalue weighted by Gasteiger charge is 2.61. The van der Waals surface area contributed by atoms with Gasteiger partial charge in [0.15, 0.2) is 0 Å².